The number of carbonyl (C=O) groups excluding carboxylic acids is 2. The molecule has 0 aliphatic heterocycles. The number of esters is 1. The number of aryl methyl sites for hydroxylation is 1. The number of thiocarbonyl (C=S) groups is 1. The van der Waals surface area contributed by atoms with E-state index < -0.39 is 0 Å². The van der Waals surface area contributed by atoms with Gasteiger partial charge in [0.2, 0.25) is 5.91 Å². The topological polar surface area (TPSA) is 76.7 Å². The van der Waals surface area contributed by atoms with Crippen LogP contribution in [0.25, 0.3) is 0 Å². The molecule has 2 aromatic rings. The van der Waals surface area contributed by atoms with Gasteiger partial charge < -0.3 is 20.1 Å². The van der Waals surface area contributed by atoms with Crippen molar-refractivity contribution < 1.29 is 19.1 Å². The van der Waals surface area contributed by atoms with Gasteiger partial charge in [0.05, 0.1) is 18.8 Å². The molecule has 0 saturated carbocycles. The van der Waals surface area contributed by atoms with Crippen LogP contribution in [-0.2, 0) is 9.53 Å². The Bertz CT molecular complexity index is 849. The van der Waals surface area contributed by atoms with E-state index in [0.29, 0.717) is 37.3 Å². The zero-order chi connectivity index (χ0) is 21.9. The van der Waals surface area contributed by atoms with Crippen molar-refractivity contribution in [3.63, 3.8) is 0 Å². The average molecular weight is 429 g/mol. The number of amides is 1. The lowest BCUT2D eigenvalue weighted by Crippen LogP contribution is -2.34. The minimum atomic E-state index is -0.362. The molecule has 2 rings (SSSR count). The summed E-state index contributed by atoms with van der Waals surface area (Å²) in [6, 6.07) is 14.5. The quantitative estimate of drug-likeness (QED) is 0.348. The summed E-state index contributed by atoms with van der Waals surface area (Å²) in [6.45, 7) is 6.80. The van der Waals surface area contributed by atoms with Crippen molar-refractivity contribution >= 4 is 34.9 Å². The lowest BCUT2D eigenvalue weighted by atomic mass is 10.2. The molecule has 30 heavy (non-hydrogen) atoms. The van der Waals surface area contributed by atoms with Gasteiger partial charge in [-0.15, -0.1) is 0 Å². The zero-order valence-electron chi connectivity index (χ0n) is 17.6. The standard InChI is InChI=1S/C23H28N2O4S/c1-16(2)15-29-22(27)18-8-10-19(11-9-18)24-23(30)25-21(26)5-4-14-28-20-12-6-17(3)7-13-20/h6-13,16H,4-5,14-15H2,1-3H3,(H2,24,25,26,30). The predicted molar refractivity (Wildman–Crippen MR) is 122 cm³/mol. The Balaban J connectivity index is 1.68. The van der Waals surface area contributed by atoms with E-state index in [1.807, 2.05) is 45.0 Å². The molecule has 0 bridgehead atoms. The molecular formula is C23H28N2O4S. The number of nitrogens with one attached hydrogen (secondary N) is 2. The van der Waals surface area contributed by atoms with Gasteiger partial charge in [-0.2, -0.15) is 0 Å². The third kappa shape index (κ3) is 8.61. The molecule has 1 amide bonds. The van der Waals surface area contributed by atoms with E-state index in [1.54, 1.807) is 24.3 Å². The number of rotatable bonds is 9. The van der Waals surface area contributed by atoms with Crippen molar-refractivity contribution in [3.05, 3.63) is 59.7 Å². The highest BCUT2D eigenvalue weighted by molar-refractivity contribution is 7.80. The van der Waals surface area contributed by atoms with Crippen molar-refractivity contribution in [1.82, 2.24) is 5.32 Å². The fourth-order valence-electron chi connectivity index (χ4n) is 2.42. The van der Waals surface area contributed by atoms with Crippen LogP contribution in [0.2, 0.25) is 0 Å². The summed E-state index contributed by atoms with van der Waals surface area (Å²) >= 11 is 5.17. The number of hydrogen-bond donors (Lipinski definition) is 2. The normalized spacial score (nSPS) is 10.4. The molecule has 0 aromatic heterocycles. The smallest absolute Gasteiger partial charge is 0.338 e. The second-order valence-corrected chi connectivity index (χ2v) is 7.75. The van der Waals surface area contributed by atoms with Gasteiger partial charge in [-0.05, 0) is 67.9 Å². The van der Waals surface area contributed by atoms with Crippen molar-refractivity contribution in [2.24, 2.45) is 5.92 Å². The Hall–Kier alpha value is -2.93. The second-order valence-electron chi connectivity index (χ2n) is 7.34. The van der Waals surface area contributed by atoms with Gasteiger partial charge in [0, 0.05) is 12.1 Å². The fraction of sp³-hybridized carbons (Fsp3) is 0.348. The summed E-state index contributed by atoms with van der Waals surface area (Å²) < 4.78 is 10.8. The molecule has 2 N–H and O–H groups in total. The average Bonchev–Trinajstić information content (AvgIpc) is 2.71. The summed E-state index contributed by atoms with van der Waals surface area (Å²) in [5, 5.41) is 5.77. The first-order chi connectivity index (χ1) is 14.3. The SMILES string of the molecule is Cc1ccc(OCCCC(=O)NC(=S)Nc2ccc(C(=O)OCC(C)C)cc2)cc1. The molecule has 0 aliphatic rings. The maximum atomic E-state index is 12.0. The predicted octanol–water partition coefficient (Wildman–Crippen LogP) is 4.48. The highest BCUT2D eigenvalue weighted by Crippen LogP contribution is 2.12. The molecule has 7 heteroatoms. The van der Waals surface area contributed by atoms with E-state index in [2.05, 4.69) is 10.6 Å². The van der Waals surface area contributed by atoms with Crippen LogP contribution in [0, 0.1) is 12.8 Å². The van der Waals surface area contributed by atoms with Crippen LogP contribution in [0.15, 0.2) is 48.5 Å². The molecule has 0 aliphatic carbocycles. The second kappa shape index (κ2) is 11.9. The monoisotopic (exact) mass is 428 g/mol. The minimum absolute atomic E-state index is 0.186. The largest absolute Gasteiger partial charge is 0.494 e. The molecule has 0 radical (unpaired) electrons. The fourth-order valence-corrected chi connectivity index (χ4v) is 2.66. The lowest BCUT2D eigenvalue weighted by Gasteiger charge is -2.11. The summed E-state index contributed by atoms with van der Waals surface area (Å²) in [5.74, 6) is 0.521. The molecule has 160 valence electrons. The third-order valence-corrected chi connectivity index (χ3v) is 4.22. The maximum absolute atomic E-state index is 12.0. The first-order valence-corrected chi connectivity index (χ1v) is 10.3. The van der Waals surface area contributed by atoms with E-state index in [9.17, 15) is 9.59 Å². The number of ether oxygens (including phenoxy) is 2. The lowest BCUT2D eigenvalue weighted by molar-refractivity contribution is -0.119. The van der Waals surface area contributed by atoms with Crippen molar-refractivity contribution in [1.29, 1.82) is 0 Å². The first-order valence-electron chi connectivity index (χ1n) is 9.91. The summed E-state index contributed by atoms with van der Waals surface area (Å²) in [6.07, 6.45) is 0.879. The zero-order valence-corrected chi connectivity index (χ0v) is 18.4. The Morgan fingerprint density at radius 3 is 2.33 bits per heavy atom. The van der Waals surface area contributed by atoms with Crippen LogP contribution < -0.4 is 15.4 Å². The molecule has 2 aromatic carbocycles. The molecule has 6 nitrogen and oxygen atoms in total. The van der Waals surface area contributed by atoms with Crippen LogP contribution in [0.4, 0.5) is 5.69 Å². The Labute approximate surface area is 183 Å². The van der Waals surface area contributed by atoms with Gasteiger partial charge in [-0.3, -0.25) is 4.79 Å². The van der Waals surface area contributed by atoms with Gasteiger partial charge in [-0.1, -0.05) is 31.5 Å². The van der Waals surface area contributed by atoms with Gasteiger partial charge in [0.15, 0.2) is 5.11 Å². The Kier molecular flexibility index (Phi) is 9.28. The highest BCUT2D eigenvalue weighted by atomic mass is 32.1. The summed E-state index contributed by atoms with van der Waals surface area (Å²) in [5.41, 5.74) is 2.30. The van der Waals surface area contributed by atoms with Crippen molar-refractivity contribution in [2.75, 3.05) is 18.5 Å². The van der Waals surface area contributed by atoms with Crippen LogP contribution in [0.3, 0.4) is 0 Å². The van der Waals surface area contributed by atoms with E-state index >= 15 is 0 Å². The van der Waals surface area contributed by atoms with E-state index in [0.717, 1.165) is 5.75 Å². The Morgan fingerprint density at radius 2 is 1.70 bits per heavy atom. The van der Waals surface area contributed by atoms with Crippen LogP contribution in [0.5, 0.6) is 5.75 Å². The maximum Gasteiger partial charge on any atom is 0.338 e. The van der Waals surface area contributed by atoms with E-state index in [1.165, 1.54) is 5.56 Å². The van der Waals surface area contributed by atoms with Crippen LogP contribution in [0.1, 0.15) is 42.6 Å². The number of hydrogen-bond acceptors (Lipinski definition) is 5. The Morgan fingerprint density at radius 1 is 1.03 bits per heavy atom. The number of carbonyl (C=O) groups is 2. The summed E-state index contributed by atoms with van der Waals surface area (Å²) in [7, 11) is 0. The van der Waals surface area contributed by atoms with Crippen molar-refractivity contribution in [2.45, 2.75) is 33.6 Å². The first kappa shape index (κ1) is 23.3. The van der Waals surface area contributed by atoms with Crippen molar-refractivity contribution in [3.8, 4) is 5.75 Å². The van der Waals surface area contributed by atoms with Gasteiger partial charge in [0.1, 0.15) is 5.75 Å². The number of anilines is 1. The highest BCUT2D eigenvalue weighted by Gasteiger charge is 2.09. The van der Waals surface area contributed by atoms with Gasteiger partial charge >= 0.3 is 5.97 Å². The molecular weight excluding hydrogens is 400 g/mol. The van der Waals surface area contributed by atoms with Crippen LogP contribution >= 0.6 is 12.2 Å². The molecule has 0 heterocycles. The van der Waals surface area contributed by atoms with Gasteiger partial charge in [0.25, 0.3) is 0 Å². The molecule has 0 atom stereocenters. The number of benzene rings is 2. The molecule has 0 spiro atoms. The summed E-state index contributed by atoms with van der Waals surface area (Å²) in [4.78, 5) is 23.9. The molecule has 0 unspecified atom stereocenters. The minimum Gasteiger partial charge on any atom is -0.494 e. The van der Waals surface area contributed by atoms with Gasteiger partial charge in [-0.25, -0.2) is 4.79 Å². The van der Waals surface area contributed by atoms with E-state index in [-0.39, 0.29) is 22.9 Å². The van der Waals surface area contributed by atoms with Crippen LogP contribution in [-0.4, -0.2) is 30.2 Å². The van der Waals surface area contributed by atoms with E-state index in [4.69, 9.17) is 21.7 Å². The third-order valence-electron chi connectivity index (χ3n) is 4.02. The molecule has 0 fully saturated rings. The molecule has 0 saturated heterocycles.